The van der Waals surface area contributed by atoms with Crippen molar-refractivity contribution < 1.29 is 18.0 Å². The highest BCUT2D eigenvalue weighted by molar-refractivity contribution is 5.79. The molecule has 4 heterocycles. The summed E-state index contributed by atoms with van der Waals surface area (Å²) in [7, 11) is 5.78. The van der Waals surface area contributed by atoms with Crippen molar-refractivity contribution in [1.29, 1.82) is 0 Å². The van der Waals surface area contributed by atoms with Gasteiger partial charge in [-0.2, -0.15) is 23.3 Å². The lowest BCUT2D eigenvalue weighted by atomic mass is 10.00. The molecule has 0 bridgehead atoms. The van der Waals surface area contributed by atoms with Crippen LogP contribution in [0.5, 0.6) is 0 Å². The van der Waals surface area contributed by atoms with Gasteiger partial charge >= 0.3 is 6.18 Å². The molecule has 10 nitrogen and oxygen atoms in total. The maximum Gasteiger partial charge on any atom is 0.421 e. The standard InChI is InChI=1S/C24H36F3N9O/c1-16-20(15-36(32-16)18-6-10-33(2)11-7-18)30-23-29-12-19(24(25,26)27)21(31-23)28-8-5-9-35(4)22(37)17-13-34(3)14-17/h12,15,17-18H,5-11,13-14H2,1-4H3,(H2,28,29,30,31). The average molecular weight is 524 g/mol. The van der Waals surface area contributed by atoms with E-state index in [0.29, 0.717) is 18.7 Å². The lowest BCUT2D eigenvalue weighted by molar-refractivity contribution is -0.139. The van der Waals surface area contributed by atoms with Crippen molar-refractivity contribution in [2.24, 2.45) is 5.92 Å². The number of amides is 1. The summed E-state index contributed by atoms with van der Waals surface area (Å²) in [5, 5.41) is 10.4. The van der Waals surface area contributed by atoms with Gasteiger partial charge in [0, 0.05) is 45.6 Å². The third-order valence-electron chi connectivity index (χ3n) is 7.07. The minimum Gasteiger partial charge on any atom is -0.369 e. The number of alkyl halides is 3. The molecule has 37 heavy (non-hydrogen) atoms. The van der Waals surface area contributed by atoms with E-state index in [2.05, 4.69) is 42.5 Å². The topological polar surface area (TPSA) is 94.5 Å². The average Bonchev–Trinajstić information content (AvgIpc) is 3.19. The van der Waals surface area contributed by atoms with E-state index >= 15 is 0 Å². The molecule has 13 heteroatoms. The van der Waals surface area contributed by atoms with Crippen LogP contribution in [0.2, 0.25) is 0 Å². The highest BCUT2D eigenvalue weighted by Crippen LogP contribution is 2.34. The van der Waals surface area contributed by atoms with Gasteiger partial charge in [-0.05, 0) is 53.4 Å². The molecule has 4 rings (SSSR count). The molecule has 2 aliphatic heterocycles. The summed E-state index contributed by atoms with van der Waals surface area (Å²) in [6.45, 7) is 5.98. The molecule has 0 unspecified atom stereocenters. The fourth-order valence-electron chi connectivity index (χ4n) is 4.76. The predicted molar refractivity (Wildman–Crippen MR) is 135 cm³/mol. The van der Waals surface area contributed by atoms with Crippen LogP contribution >= 0.6 is 0 Å². The molecule has 2 aromatic rings. The van der Waals surface area contributed by atoms with Gasteiger partial charge in [-0.15, -0.1) is 0 Å². The van der Waals surface area contributed by atoms with Gasteiger partial charge in [0.15, 0.2) is 0 Å². The quantitative estimate of drug-likeness (QED) is 0.485. The number of nitrogens with one attached hydrogen (secondary N) is 2. The number of hydrogen-bond donors (Lipinski definition) is 2. The van der Waals surface area contributed by atoms with Crippen molar-refractivity contribution in [1.82, 2.24) is 34.4 Å². The van der Waals surface area contributed by atoms with E-state index < -0.39 is 11.7 Å². The Kier molecular flexibility index (Phi) is 8.22. The van der Waals surface area contributed by atoms with Gasteiger partial charge in [0.1, 0.15) is 11.4 Å². The van der Waals surface area contributed by atoms with Crippen LogP contribution in [-0.2, 0) is 11.0 Å². The van der Waals surface area contributed by atoms with E-state index in [4.69, 9.17) is 0 Å². The van der Waals surface area contributed by atoms with Crippen LogP contribution in [0.25, 0.3) is 0 Å². The van der Waals surface area contributed by atoms with Crippen LogP contribution in [0.1, 0.15) is 36.6 Å². The summed E-state index contributed by atoms with van der Waals surface area (Å²) in [6.07, 6.45) is 0.514. The summed E-state index contributed by atoms with van der Waals surface area (Å²) >= 11 is 0. The highest BCUT2D eigenvalue weighted by Gasteiger charge is 2.35. The van der Waals surface area contributed by atoms with Crippen molar-refractivity contribution in [3.8, 4) is 0 Å². The van der Waals surface area contributed by atoms with Crippen LogP contribution in [0.15, 0.2) is 12.4 Å². The number of carbonyl (C=O) groups excluding carboxylic acids is 1. The summed E-state index contributed by atoms with van der Waals surface area (Å²) in [5.74, 6) is -0.163. The molecule has 2 saturated heterocycles. The van der Waals surface area contributed by atoms with Crippen molar-refractivity contribution in [3.05, 3.63) is 23.7 Å². The largest absolute Gasteiger partial charge is 0.421 e. The molecule has 0 saturated carbocycles. The molecule has 2 N–H and O–H groups in total. The van der Waals surface area contributed by atoms with Crippen LogP contribution in [-0.4, -0.2) is 101 Å². The molecular weight excluding hydrogens is 487 g/mol. The number of likely N-dealkylation sites (tertiary alicyclic amines) is 2. The number of nitrogens with zero attached hydrogens (tertiary/aromatic N) is 7. The van der Waals surface area contributed by atoms with E-state index in [-0.39, 0.29) is 36.2 Å². The summed E-state index contributed by atoms with van der Waals surface area (Å²) in [5.41, 5.74) is 0.451. The molecule has 2 fully saturated rings. The Bertz CT molecular complexity index is 1080. The second kappa shape index (κ2) is 11.2. The Morgan fingerprint density at radius 1 is 1.19 bits per heavy atom. The van der Waals surface area contributed by atoms with E-state index in [1.165, 1.54) is 0 Å². The second-order valence-corrected chi connectivity index (χ2v) is 10.2. The SMILES string of the molecule is Cc1nn(C2CCN(C)CC2)cc1Nc1ncc(C(F)(F)F)c(NCCCN(C)C(=O)C2CN(C)C2)n1. The maximum absolute atomic E-state index is 13.6. The molecule has 204 valence electrons. The first-order valence-electron chi connectivity index (χ1n) is 12.6. The number of hydrogen-bond acceptors (Lipinski definition) is 8. The molecule has 0 radical (unpaired) electrons. The van der Waals surface area contributed by atoms with Gasteiger partial charge in [0.25, 0.3) is 0 Å². The number of piperidine rings is 1. The van der Waals surface area contributed by atoms with E-state index in [0.717, 1.165) is 50.9 Å². The number of halogens is 3. The summed E-state index contributed by atoms with van der Waals surface area (Å²) in [4.78, 5) is 26.4. The van der Waals surface area contributed by atoms with Crippen molar-refractivity contribution in [3.63, 3.8) is 0 Å². The first-order chi connectivity index (χ1) is 17.5. The molecule has 0 spiro atoms. The molecule has 0 atom stereocenters. The molecule has 2 aromatic heterocycles. The Hall–Kier alpha value is -2.93. The Morgan fingerprint density at radius 2 is 1.89 bits per heavy atom. The van der Waals surface area contributed by atoms with Crippen molar-refractivity contribution in [2.75, 3.05) is 71.0 Å². The van der Waals surface area contributed by atoms with E-state index in [9.17, 15) is 18.0 Å². The minimum absolute atomic E-state index is 0.00236. The number of aryl methyl sites for hydroxylation is 1. The smallest absolute Gasteiger partial charge is 0.369 e. The number of anilines is 3. The lowest BCUT2D eigenvalue weighted by Gasteiger charge is -2.37. The lowest BCUT2D eigenvalue weighted by Crippen LogP contribution is -2.52. The van der Waals surface area contributed by atoms with Gasteiger partial charge in [-0.1, -0.05) is 0 Å². The number of carbonyl (C=O) groups is 1. The highest BCUT2D eigenvalue weighted by atomic mass is 19.4. The molecule has 0 aromatic carbocycles. The minimum atomic E-state index is -4.60. The van der Waals surface area contributed by atoms with Gasteiger partial charge < -0.3 is 25.3 Å². The Morgan fingerprint density at radius 3 is 2.54 bits per heavy atom. The third-order valence-corrected chi connectivity index (χ3v) is 7.07. The van der Waals surface area contributed by atoms with Crippen LogP contribution in [0, 0.1) is 12.8 Å². The van der Waals surface area contributed by atoms with Gasteiger partial charge in [-0.25, -0.2) is 4.98 Å². The first kappa shape index (κ1) is 27.1. The zero-order chi connectivity index (χ0) is 26.7. The Labute approximate surface area is 215 Å². The predicted octanol–water partition coefficient (Wildman–Crippen LogP) is 2.83. The number of rotatable bonds is 9. The van der Waals surface area contributed by atoms with Crippen LogP contribution in [0.3, 0.4) is 0 Å². The van der Waals surface area contributed by atoms with Crippen LogP contribution < -0.4 is 10.6 Å². The van der Waals surface area contributed by atoms with Crippen LogP contribution in [0.4, 0.5) is 30.6 Å². The van der Waals surface area contributed by atoms with Gasteiger partial charge in [0.2, 0.25) is 11.9 Å². The summed E-state index contributed by atoms with van der Waals surface area (Å²) in [6, 6.07) is 0.284. The fraction of sp³-hybridized carbons (Fsp3) is 0.667. The number of aromatic nitrogens is 4. The Balaban J connectivity index is 1.38. The first-order valence-corrected chi connectivity index (χ1v) is 12.6. The van der Waals surface area contributed by atoms with Crippen molar-refractivity contribution in [2.45, 2.75) is 38.4 Å². The zero-order valence-electron chi connectivity index (χ0n) is 21.8. The maximum atomic E-state index is 13.6. The van der Waals surface area contributed by atoms with E-state index in [1.807, 2.05) is 24.9 Å². The van der Waals surface area contributed by atoms with Gasteiger partial charge in [-0.3, -0.25) is 9.48 Å². The molecule has 2 aliphatic rings. The molecular formula is C24H36F3N9O. The van der Waals surface area contributed by atoms with Crippen molar-refractivity contribution >= 4 is 23.4 Å². The van der Waals surface area contributed by atoms with E-state index in [1.54, 1.807) is 11.9 Å². The normalized spacial score (nSPS) is 18.0. The fourth-order valence-corrected chi connectivity index (χ4v) is 4.76. The second-order valence-electron chi connectivity index (χ2n) is 10.2. The third kappa shape index (κ3) is 6.69. The summed E-state index contributed by atoms with van der Waals surface area (Å²) < 4.78 is 42.7. The molecule has 1 amide bonds. The molecule has 0 aliphatic carbocycles. The van der Waals surface area contributed by atoms with Gasteiger partial charge in [0.05, 0.1) is 23.3 Å². The monoisotopic (exact) mass is 523 g/mol. The zero-order valence-corrected chi connectivity index (χ0v) is 21.8.